The van der Waals surface area contributed by atoms with Crippen molar-refractivity contribution in [1.82, 2.24) is 0 Å². The topological polar surface area (TPSA) is 20.2 Å². The highest BCUT2D eigenvalue weighted by Crippen LogP contribution is 2.38. The van der Waals surface area contributed by atoms with Crippen LogP contribution in [-0.4, -0.2) is 11.2 Å². The molecule has 0 aromatic carbocycles. The number of rotatable bonds is 1. The van der Waals surface area contributed by atoms with Crippen LogP contribution in [0, 0.1) is 11.8 Å². The van der Waals surface area contributed by atoms with E-state index >= 15 is 0 Å². The first-order valence-electron chi connectivity index (χ1n) is 6.04. The van der Waals surface area contributed by atoms with Crippen molar-refractivity contribution in [3.05, 3.63) is 0 Å². The molecule has 0 aromatic rings. The lowest BCUT2D eigenvalue weighted by molar-refractivity contribution is 0.168. The third-order valence-corrected chi connectivity index (χ3v) is 4.01. The Balaban J connectivity index is 1.84. The van der Waals surface area contributed by atoms with Crippen molar-refractivity contribution in [1.29, 1.82) is 0 Å². The third-order valence-electron chi connectivity index (χ3n) is 4.01. The fourth-order valence-electron chi connectivity index (χ4n) is 3.20. The number of aliphatic hydroxyl groups is 1. The summed E-state index contributed by atoms with van der Waals surface area (Å²) in [5, 5.41) is 9.50. The molecule has 2 unspecified atom stereocenters. The second kappa shape index (κ2) is 4.45. The lowest BCUT2D eigenvalue weighted by Gasteiger charge is -2.21. The van der Waals surface area contributed by atoms with Crippen LogP contribution < -0.4 is 0 Å². The van der Waals surface area contributed by atoms with E-state index in [9.17, 15) is 5.11 Å². The average molecular weight is 182 g/mol. The molecule has 0 amide bonds. The Morgan fingerprint density at radius 1 is 0.692 bits per heavy atom. The molecule has 2 aliphatic rings. The van der Waals surface area contributed by atoms with E-state index in [4.69, 9.17) is 0 Å². The Labute approximate surface area is 81.5 Å². The van der Waals surface area contributed by atoms with Crippen LogP contribution in [0.2, 0.25) is 0 Å². The molecule has 0 bridgehead atoms. The van der Waals surface area contributed by atoms with Gasteiger partial charge in [0.1, 0.15) is 0 Å². The smallest absolute Gasteiger partial charge is 0.0543 e. The zero-order chi connectivity index (χ0) is 9.10. The van der Waals surface area contributed by atoms with Gasteiger partial charge in [0, 0.05) is 0 Å². The Morgan fingerprint density at radius 2 is 1.38 bits per heavy atom. The molecule has 0 aromatic heterocycles. The Kier molecular flexibility index (Phi) is 3.26. The van der Waals surface area contributed by atoms with Crippen LogP contribution in [0.1, 0.15) is 57.8 Å². The summed E-state index contributed by atoms with van der Waals surface area (Å²) >= 11 is 0. The zero-order valence-corrected chi connectivity index (χ0v) is 8.54. The monoisotopic (exact) mass is 182 g/mol. The van der Waals surface area contributed by atoms with E-state index in [1.165, 1.54) is 44.9 Å². The maximum Gasteiger partial charge on any atom is 0.0543 e. The molecule has 1 heteroatoms. The van der Waals surface area contributed by atoms with Crippen molar-refractivity contribution in [2.45, 2.75) is 63.9 Å². The maximum absolute atomic E-state index is 9.50. The molecule has 0 spiro atoms. The molecule has 0 aliphatic heterocycles. The van der Waals surface area contributed by atoms with Gasteiger partial charge in [-0.3, -0.25) is 0 Å². The van der Waals surface area contributed by atoms with Gasteiger partial charge in [-0.15, -0.1) is 0 Å². The highest BCUT2D eigenvalue weighted by atomic mass is 16.3. The van der Waals surface area contributed by atoms with Gasteiger partial charge >= 0.3 is 0 Å². The predicted octanol–water partition coefficient (Wildman–Crippen LogP) is 3.12. The molecule has 13 heavy (non-hydrogen) atoms. The molecule has 1 nitrogen and oxygen atoms in total. The molecule has 1 N–H and O–H groups in total. The summed E-state index contributed by atoms with van der Waals surface area (Å²) in [7, 11) is 0. The normalized spacial score (nSPS) is 37.6. The first-order chi connectivity index (χ1) is 6.36. The van der Waals surface area contributed by atoms with E-state index in [-0.39, 0.29) is 6.10 Å². The van der Waals surface area contributed by atoms with Crippen LogP contribution in [0.15, 0.2) is 0 Å². The predicted molar refractivity (Wildman–Crippen MR) is 54.5 cm³/mol. The highest BCUT2D eigenvalue weighted by Gasteiger charge is 2.29. The first kappa shape index (κ1) is 9.51. The van der Waals surface area contributed by atoms with E-state index < -0.39 is 0 Å². The van der Waals surface area contributed by atoms with E-state index in [1.807, 2.05) is 0 Å². The SMILES string of the molecule is OC1CCC(C2CCCCCC2)C1. The van der Waals surface area contributed by atoms with Gasteiger partial charge in [0.15, 0.2) is 0 Å². The summed E-state index contributed by atoms with van der Waals surface area (Å²) in [6, 6.07) is 0. The van der Waals surface area contributed by atoms with Gasteiger partial charge in [-0.05, 0) is 31.1 Å². The van der Waals surface area contributed by atoms with Crippen molar-refractivity contribution >= 4 is 0 Å². The van der Waals surface area contributed by atoms with Gasteiger partial charge in [-0.1, -0.05) is 38.5 Å². The van der Waals surface area contributed by atoms with Crippen LogP contribution >= 0.6 is 0 Å². The molecule has 0 radical (unpaired) electrons. The minimum absolute atomic E-state index is 0.0354. The molecule has 2 saturated carbocycles. The summed E-state index contributed by atoms with van der Waals surface area (Å²) < 4.78 is 0. The minimum Gasteiger partial charge on any atom is -0.393 e. The summed E-state index contributed by atoms with van der Waals surface area (Å²) in [6.07, 6.45) is 12.2. The fraction of sp³-hybridized carbons (Fsp3) is 1.00. The summed E-state index contributed by atoms with van der Waals surface area (Å²) in [6.45, 7) is 0. The highest BCUT2D eigenvalue weighted by molar-refractivity contribution is 4.81. The van der Waals surface area contributed by atoms with Crippen molar-refractivity contribution in [3.8, 4) is 0 Å². The van der Waals surface area contributed by atoms with Gasteiger partial charge in [-0.25, -0.2) is 0 Å². The van der Waals surface area contributed by atoms with Crippen LogP contribution in [0.4, 0.5) is 0 Å². The Morgan fingerprint density at radius 3 is 1.92 bits per heavy atom. The van der Waals surface area contributed by atoms with Crippen molar-refractivity contribution in [3.63, 3.8) is 0 Å². The van der Waals surface area contributed by atoms with Gasteiger partial charge in [-0.2, -0.15) is 0 Å². The largest absolute Gasteiger partial charge is 0.393 e. The van der Waals surface area contributed by atoms with Crippen molar-refractivity contribution in [2.75, 3.05) is 0 Å². The fourth-order valence-corrected chi connectivity index (χ4v) is 3.20. The average Bonchev–Trinajstić information content (AvgIpc) is 2.43. The number of aliphatic hydroxyl groups excluding tert-OH is 1. The lowest BCUT2D eigenvalue weighted by Crippen LogP contribution is -2.12. The summed E-state index contributed by atoms with van der Waals surface area (Å²) in [5.41, 5.74) is 0. The van der Waals surface area contributed by atoms with E-state index in [0.29, 0.717) is 0 Å². The molecule has 2 atom stereocenters. The molecule has 2 fully saturated rings. The first-order valence-corrected chi connectivity index (χ1v) is 6.04. The lowest BCUT2D eigenvalue weighted by atomic mass is 9.85. The van der Waals surface area contributed by atoms with Gasteiger partial charge < -0.3 is 5.11 Å². The van der Waals surface area contributed by atoms with Crippen LogP contribution in [-0.2, 0) is 0 Å². The zero-order valence-electron chi connectivity index (χ0n) is 8.54. The molecule has 76 valence electrons. The Bertz CT molecular complexity index is 147. The molecular weight excluding hydrogens is 160 g/mol. The molecule has 2 rings (SSSR count). The van der Waals surface area contributed by atoms with Gasteiger partial charge in [0.25, 0.3) is 0 Å². The van der Waals surface area contributed by atoms with Crippen LogP contribution in [0.25, 0.3) is 0 Å². The Hall–Kier alpha value is -0.0400. The third kappa shape index (κ3) is 2.46. The van der Waals surface area contributed by atoms with Crippen LogP contribution in [0.5, 0.6) is 0 Å². The number of hydrogen-bond acceptors (Lipinski definition) is 1. The quantitative estimate of drug-likeness (QED) is 0.618. The van der Waals surface area contributed by atoms with E-state index in [0.717, 1.165) is 24.7 Å². The van der Waals surface area contributed by atoms with Crippen molar-refractivity contribution in [2.24, 2.45) is 11.8 Å². The minimum atomic E-state index is 0.0354. The molecule has 0 heterocycles. The van der Waals surface area contributed by atoms with E-state index in [2.05, 4.69) is 0 Å². The standard InChI is InChI=1S/C12H22O/c13-12-8-7-11(9-12)10-5-3-1-2-4-6-10/h10-13H,1-9H2. The van der Waals surface area contributed by atoms with Crippen molar-refractivity contribution < 1.29 is 5.11 Å². The second-order valence-electron chi connectivity index (χ2n) is 4.98. The van der Waals surface area contributed by atoms with Crippen LogP contribution in [0.3, 0.4) is 0 Å². The summed E-state index contributed by atoms with van der Waals surface area (Å²) in [4.78, 5) is 0. The number of hydrogen-bond donors (Lipinski definition) is 1. The molecular formula is C12H22O. The molecule has 2 aliphatic carbocycles. The van der Waals surface area contributed by atoms with E-state index in [1.54, 1.807) is 0 Å². The van der Waals surface area contributed by atoms with Gasteiger partial charge in [0.05, 0.1) is 6.10 Å². The summed E-state index contributed by atoms with van der Waals surface area (Å²) in [5.74, 6) is 1.83. The second-order valence-corrected chi connectivity index (χ2v) is 4.98. The maximum atomic E-state index is 9.50. The molecule has 0 saturated heterocycles. The van der Waals surface area contributed by atoms with Gasteiger partial charge in [0.2, 0.25) is 0 Å².